The quantitative estimate of drug-likeness (QED) is 0.814. The molecule has 0 saturated carbocycles. The highest BCUT2D eigenvalue weighted by atomic mass is 19.4. The Kier molecular flexibility index (Phi) is 3.87. The lowest BCUT2D eigenvalue weighted by molar-refractivity contribution is -0.127. The number of nitrogens with zero attached hydrogens (tertiary/aromatic N) is 3. The molecule has 0 radical (unpaired) electrons. The molecule has 1 N–H and O–H groups in total. The molecule has 0 spiro atoms. The minimum Gasteiger partial charge on any atom is -0.362 e. The summed E-state index contributed by atoms with van der Waals surface area (Å²) in [5.74, 6) is -0.00213. The van der Waals surface area contributed by atoms with Crippen molar-refractivity contribution in [1.29, 1.82) is 0 Å². The molecule has 1 heterocycles. The highest BCUT2D eigenvalue weighted by Gasteiger charge is 2.31. The Morgan fingerprint density at radius 2 is 2.06 bits per heavy atom. The molecule has 0 aliphatic carbocycles. The van der Waals surface area contributed by atoms with Gasteiger partial charge in [-0.3, -0.25) is 4.79 Å². The van der Waals surface area contributed by atoms with Crippen molar-refractivity contribution < 1.29 is 18.0 Å². The van der Waals surface area contributed by atoms with E-state index in [0.717, 1.165) is 6.33 Å². The van der Waals surface area contributed by atoms with Crippen LogP contribution in [0.5, 0.6) is 0 Å². The maximum atomic E-state index is 12.4. The average molecular weight is 248 g/mol. The van der Waals surface area contributed by atoms with Crippen LogP contribution in [0.4, 0.5) is 24.8 Å². The van der Waals surface area contributed by atoms with Gasteiger partial charge >= 0.3 is 6.18 Å². The van der Waals surface area contributed by atoms with Crippen LogP contribution in [0, 0.1) is 0 Å². The molecule has 0 fully saturated rings. The zero-order chi connectivity index (χ0) is 13.1. The van der Waals surface area contributed by atoms with Crippen molar-refractivity contribution in [2.45, 2.75) is 12.6 Å². The van der Waals surface area contributed by atoms with E-state index < -0.39 is 12.6 Å². The lowest BCUT2D eigenvalue weighted by Crippen LogP contribution is -2.20. The molecule has 0 saturated heterocycles. The average Bonchev–Trinajstić information content (AvgIpc) is 2.18. The maximum Gasteiger partial charge on any atom is 0.393 e. The molecule has 0 unspecified atom stereocenters. The SMILES string of the molecule is CN(C)c1ncnc(NC=O)c1CC(F)(F)F. The van der Waals surface area contributed by atoms with Crippen LogP contribution in [0.15, 0.2) is 6.33 Å². The Labute approximate surface area is 95.7 Å². The first-order valence-electron chi connectivity index (χ1n) is 4.63. The predicted octanol–water partition coefficient (Wildman–Crippen LogP) is 1.22. The lowest BCUT2D eigenvalue weighted by atomic mass is 10.2. The van der Waals surface area contributed by atoms with Gasteiger partial charge in [0.05, 0.1) is 6.42 Å². The Morgan fingerprint density at radius 1 is 1.41 bits per heavy atom. The van der Waals surface area contributed by atoms with Crippen molar-refractivity contribution >= 4 is 18.0 Å². The fourth-order valence-electron chi connectivity index (χ4n) is 1.33. The van der Waals surface area contributed by atoms with E-state index in [9.17, 15) is 18.0 Å². The van der Waals surface area contributed by atoms with Gasteiger partial charge in [0.1, 0.15) is 18.0 Å². The second-order valence-electron chi connectivity index (χ2n) is 3.47. The molecule has 0 aliphatic rings. The number of carbonyl (C=O) groups is 1. The third-order valence-electron chi connectivity index (χ3n) is 1.92. The summed E-state index contributed by atoms with van der Waals surface area (Å²) in [6, 6.07) is 0. The molecule has 1 amide bonds. The van der Waals surface area contributed by atoms with Crippen LogP contribution in [0.3, 0.4) is 0 Å². The van der Waals surface area contributed by atoms with Gasteiger partial charge in [-0.1, -0.05) is 0 Å². The van der Waals surface area contributed by atoms with Gasteiger partial charge in [-0.05, 0) is 0 Å². The molecule has 0 bridgehead atoms. The minimum absolute atomic E-state index is 0.127. The van der Waals surface area contributed by atoms with Crippen molar-refractivity contribution in [1.82, 2.24) is 9.97 Å². The van der Waals surface area contributed by atoms with Crippen molar-refractivity contribution in [3.63, 3.8) is 0 Å². The largest absolute Gasteiger partial charge is 0.393 e. The number of rotatable bonds is 4. The highest BCUT2D eigenvalue weighted by Crippen LogP contribution is 2.29. The van der Waals surface area contributed by atoms with Crippen molar-refractivity contribution in [3.8, 4) is 0 Å². The third-order valence-corrected chi connectivity index (χ3v) is 1.92. The van der Waals surface area contributed by atoms with Crippen LogP contribution in [0.1, 0.15) is 5.56 Å². The number of nitrogens with one attached hydrogen (secondary N) is 1. The van der Waals surface area contributed by atoms with Gasteiger partial charge in [-0.2, -0.15) is 13.2 Å². The van der Waals surface area contributed by atoms with E-state index in [0.29, 0.717) is 0 Å². The first-order chi connectivity index (χ1) is 7.85. The van der Waals surface area contributed by atoms with E-state index in [4.69, 9.17) is 0 Å². The third kappa shape index (κ3) is 3.58. The van der Waals surface area contributed by atoms with Crippen LogP contribution in [0.25, 0.3) is 0 Å². The maximum absolute atomic E-state index is 12.4. The normalized spacial score (nSPS) is 11.1. The van der Waals surface area contributed by atoms with E-state index in [-0.39, 0.29) is 23.6 Å². The summed E-state index contributed by atoms with van der Waals surface area (Å²) in [4.78, 5) is 19.1. The van der Waals surface area contributed by atoms with Gasteiger partial charge in [-0.25, -0.2) is 9.97 Å². The Hall–Kier alpha value is -1.86. The summed E-state index contributed by atoms with van der Waals surface area (Å²) in [6.45, 7) is 0. The summed E-state index contributed by atoms with van der Waals surface area (Å²) >= 11 is 0. The van der Waals surface area contributed by atoms with Crippen molar-refractivity contribution in [2.75, 3.05) is 24.3 Å². The molecule has 0 atom stereocenters. The van der Waals surface area contributed by atoms with Crippen molar-refractivity contribution in [3.05, 3.63) is 11.9 Å². The molecule has 17 heavy (non-hydrogen) atoms. The fourth-order valence-corrected chi connectivity index (χ4v) is 1.33. The summed E-state index contributed by atoms with van der Waals surface area (Å²) < 4.78 is 37.2. The number of halogens is 3. The van der Waals surface area contributed by atoms with Crippen LogP contribution >= 0.6 is 0 Å². The number of anilines is 2. The topological polar surface area (TPSA) is 58.1 Å². The second-order valence-corrected chi connectivity index (χ2v) is 3.47. The van der Waals surface area contributed by atoms with E-state index in [1.807, 2.05) is 0 Å². The summed E-state index contributed by atoms with van der Waals surface area (Å²) in [5, 5.41) is 2.14. The Balaban J connectivity index is 3.23. The zero-order valence-electron chi connectivity index (χ0n) is 9.25. The highest BCUT2D eigenvalue weighted by molar-refractivity contribution is 5.73. The number of alkyl halides is 3. The number of carbonyl (C=O) groups excluding carboxylic acids is 1. The first kappa shape index (κ1) is 13.2. The smallest absolute Gasteiger partial charge is 0.362 e. The monoisotopic (exact) mass is 248 g/mol. The molecule has 1 rings (SSSR count). The summed E-state index contributed by atoms with van der Waals surface area (Å²) in [6.07, 6.45) is -4.21. The number of hydrogen-bond acceptors (Lipinski definition) is 4. The van der Waals surface area contributed by atoms with Crippen LogP contribution in [0.2, 0.25) is 0 Å². The number of amides is 1. The van der Waals surface area contributed by atoms with Crippen LogP contribution in [-0.4, -0.2) is 36.6 Å². The second kappa shape index (κ2) is 4.98. The van der Waals surface area contributed by atoms with E-state index >= 15 is 0 Å². The van der Waals surface area contributed by atoms with Gasteiger partial charge in [0.15, 0.2) is 0 Å². The summed E-state index contributed by atoms with van der Waals surface area (Å²) in [5.41, 5.74) is -0.155. The van der Waals surface area contributed by atoms with E-state index in [1.54, 1.807) is 14.1 Å². The van der Waals surface area contributed by atoms with Crippen LogP contribution in [-0.2, 0) is 11.2 Å². The summed E-state index contributed by atoms with van der Waals surface area (Å²) in [7, 11) is 3.12. The van der Waals surface area contributed by atoms with Gasteiger partial charge < -0.3 is 10.2 Å². The van der Waals surface area contributed by atoms with Gasteiger partial charge in [0.2, 0.25) is 6.41 Å². The lowest BCUT2D eigenvalue weighted by Gasteiger charge is -2.18. The fraction of sp³-hybridized carbons (Fsp3) is 0.444. The Morgan fingerprint density at radius 3 is 2.53 bits per heavy atom. The van der Waals surface area contributed by atoms with Gasteiger partial charge in [-0.15, -0.1) is 0 Å². The zero-order valence-corrected chi connectivity index (χ0v) is 9.25. The van der Waals surface area contributed by atoms with Crippen LogP contribution < -0.4 is 10.2 Å². The standard InChI is InChI=1S/C9H11F3N4O/c1-16(2)8-6(3-9(10,11)12)7(15-5-17)13-4-14-8/h4-5H,3H2,1-2H3,(H,13,14,15,17). The molecule has 0 aliphatic heterocycles. The molecule has 0 aromatic carbocycles. The molecular weight excluding hydrogens is 237 g/mol. The Bertz CT molecular complexity index is 406. The molecular formula is C9H11F3N4O. The molecule has 8 heteroatoms. The van der Waals surface area contributed by atoms with Gasteiger partial charge in [0, 0.05) is 19.7 Å². The van der Waals surface area contributed by atoms with Gasteiger partial charge in [0.25, 0.3) is 0 Å². The first-order valence-corrected chi connectivity index (χ1v) is 4.63. The number of hydrogen-bond donors (Lipinski definition) is 1. The predicted molar refractivity (Wildman–Crippen MR) is 55.8 cm³/mol. The molecule has 5 nitrogen and oxygen atoms in total. The van der Waals surface area contributed by atoms with E-state index in [1.165, 1.54) is 4.90 Å². The van der Waals surface area contributed by atoms with E-state index in [2.05, 4.69) is 15.3 Å². The minimum atomic E-state index is -4.39. The number of aromatic nitrogens is 2. The molecule has 1 aromatic heterocycles. The molecule has 94 valence electrons. The van der Waals surface area contributed by atoms with Crippen molar-refractivity contribution in [2.24, 2.45) is 0 Å². The molecule has 1 aromatic rings.